The predicted molar refractivity (Wildman–Crippen MR) is 108 cm³/mol. The number of quaternary nitrogens is 1. The van der Waals surface area contributed by atoms with Crippen LogP contribution in [0, 0.1) is 5.82 Å². The van der Waals surface area contributed by atoms with Gasteiger partial charge in [0.15, 0.2) is 0 Å². The number of ether oxygens (including phenoxy) is 1. The molecule has 0 bridgehead atoms. The summed E-state index contributed by atoms with van der Waals surface area (Å²) in [7, 11) is 1.67. The lowest BCUT2D eigenvalue weighted by Crippen LogP contribution is -2.84. The molecule has 0 radical (unpaired) electrons. The van der Waals surface area contributed by atoms with E-state index < -0.39 is 0 Å². The molecule has 0 fully saturated rings. The number of benzene rings is 3. The van der Waals surface area contributed by atoms with Crippen molar-refractivity contribution in [3.63, 3.8) is 0 Å². The van der Waals surface area contributed by atoms with Gasteiger partial charge in [0.25, 0.3) is 0 Å². The van der Waals surface area contributed by atoms with E-state index in [1.807, 2.05) is 30.3 Å². The number of nitrogens with two attached hydrogens (primary N) is 1. The monoisotopic (exact) mass is 364 g/mol. The quantitative estimate of drug-likeness (QED) is 0.617. The minimum absolute atomic E-state index is 0.198. The van der Waals surface area contributed by atoms with Crippen molar-refractivity contribution in [2.24, 2.45) is 0 Å². The maximum absolute atomic E-state index is 13.4. The lowest BCUT2D eigenvalue weighted by atomic mass is 9.88. The first kappa shape index (κ1) is 19.1. The molecular formula is C24H27FNO+. The molecule has 3 rings (SSSR count). The van der Waals surface area contributed by atoms with Gasteiger partial charge in [-0.25, -0.2) is 4.39 Å². The Bertz CT molecular complexity index is 815. The Morgan fingerprint density at radius 2 is 1.41 bits per heavy atom. The van der Waals surface area contributed by atoms with Crippen molar-refractivity contribution in [1.29, 1.82) is 0 Å². The van der Waals surface area contributed by atoms with Crippen LogP contribution >= 0.6 is 0 Å². The summed E-state index contributed by atoms with van der Waals surface area (Å²) in [5, 5.41) is 2.37. The van der Waals surface area contributed by atoms with Gasteiger partial charge >= 0.3 is 0 Å². The summed E-state index contributed by atoms with van der Waals surface area (Å²) in [4.78, 5) is 0. The highest BCUT2D eigenvalue weighted by atomic mass is 19.1. The molecule has 0 heterocycles. The van der Waals surface area contributed by atoms with Gasteiger partial charge in [0.1, 0.15) is 17.6 Å². The molecule has 0 aliphatic heterocycles. The average Bonchev–Trinajstić information content (AvgIpc) is 2.73. The Kier molecular flexibility index (Phi) is 6.61. The fourth-order valence-corrected chi connectivity index (χ4v) is 3.46. The fourth-order valence-electron chi connectivity index (χ4n) is 3.46. The summed E-state index contributed by atoms with van der Waals surface area (Å²) in [5.74, 6) is 0.882. The van der Waals surface area contributed by atoms with Crippen LogP contribution in [0.2, 0.25) is 0 Å². The van der Waals surface area contributed by atoms with Gasteiger partial charge in [0.05, 0.1) is 13.7 Å². The molecule has 0 aliphatic rings. The van der Waals surface area contributed by atoms with Crippen LogP contribution in [0.3, 0.4) is 0 Å². The van der Waals surface area contributed by atoms with E-state index in [1.165, 1.54) is 11.1 Å². The predicted octanol–water partition coefficient (Wildman–Crippen LogP) is 4.68. The van der Waals surface area contributed by atoms with Crippen molar-refractivity contribution in [3.8, 4) is 5.75 Å². The third-order valence-electron chi connectivity index (χ3n) is 5.09. The van der Waals surface area contributed by atoms with Crippen LogP contribution in [-0.2, 0) is 0 Å². The van der Waals surface area contributed by atoms with Gasteiger partial charge in [-0.3, -0.25) is 0 Å². The molecule has 0 saturated carbocycles. The first-order valence-electron chi connectivity index (χ1n) is 9.45. The molecular weight excluding hydrogens is 337 g/mol. The Labute approximate surface area is 161 Å². The van der Waals surface area contributed by atoms with Gasteiger partial charge in [0, 0.05) is 17.9 Å². The van der Waals surface area contributed by atoms with Crippen LogP contribution in [0.4, 0.5) is 4.39 Å². The van der Waals surface area contributed by atoms with E-state index >= 15 is 0 Å². The second-order valence-corrected chi connectivity index (χ2v) is 6.89. The Balaban J connectivity index is 1.72. The topological polar surface area (TPSA) is 25.8 Å². The molecule has 3 heteroatoms. The van der Waals surface area contributed by atoms with E-state index in [0.717, 1.165) is 24.3 Å². The second-order valence-electron chi connectivity index (χ2n) is 6.89. The van der Waals surface area contributed by atoms with E-state index in [2.05, 4.69) is 48.6 Å². The summed E-state index contributed by atoms with van der Waals surface area (Å²) in [6, 6.07) is 26.0. The van der Waals surface area contributed by atoms with Crippen LogP contribution < -0.4 is 10.1 Å². The van der Waals surface area contributed by atoms with Crippen LogP contribution in [0.15, 0.2) is 78.9 Å². The van der Waals surface area contributed by atoms with E-state index in [4.69, 9.17) is 4.74 Å². The Morgan fingerprint density at radius 3 is 2.00 bits per heavy atom. The highest BCUT2D eigenvalue weighted by molar-refractivity contribution is 5.36. The Morgan fingerprint density at radius 1 is 0.815 bits per heavy atom. The molecule has 3 aromatic rings. The van der Waals surface area contributed by atoms with Crippen molar-refractivity contribution in [3.05, 3.63) is 101 Å². The molecule has 0 aliphatic carbocycles. The van der Waals surface area contributed by atoms with Crippen molar-refractivity contribution < 1.29 is 14.4 Å². The Hall–Kier alpha value is -2.65. The van der Waals surface area contributed by atoms with E-state index in [1.54, 1.807) is 19.2 Å². The average molecular weight is 364 g/mol. The van der Waals surface area contributed by atoms with E-state index in [9.17, 15) is 4.39 Å². The molecule has 3 aromatic carbocycles. The number of methoxy groups -OCH3 is 1. The van der Waals surface area contributed by atoms with E-state index in [-0.39, 0.29) is 11.7 Å². The van der Waals surface area contributed by atoms with Crippen LogP contribution in [0.1, 0.15) is 42.0 Å². The minimum atomic E-state index is -0.198. The summed E-state index contributed by atoms with van der Waals surface area (Å²) in [6.07, 6.45) is 0.981. The molecule has 2 atom stereocenters. The van der Waals surface area contributed by atoms with Gasteiger partial charge in [-0.05, 0) is 42.3 Å². The lowest BCUT2D eigenvalue weighted by molar-refractivity contribution is -0.693. The zero-order valence-corrected chi connectivity index (χ0v) is 15.9. The summed E-state index contributed by atoms with van der Waals surface area (Å²) in [6.45, 7) is 3.22. The molecule has 0 aromatic heterocycles. The van der Waals surface area contributed by atoms with Gasteiger partial charge in [-0.1, -0.05) is 54.6 Å². The molecule has 0 spiro atoms. The number of halogens is 1. The SMILES string of the molecule is COc1ccc([C@H](CC[NH2+][C@H](C)c2ccccc2)c2ccc(F)cc2)cc1. The first-order chi connectivity index (χ1) is 13.2. The molecule has 140 valence electrons. The summed E-state index contributed by atoms with van der Waals surface area (Å²) >= 11 is 0. The molecule has 2 nitrogen and oxygen atoms in total. The van der Waals surface area contributed by atoms with Gasteiger partial charge in [-0.2, -0.15) is 0 Å². The third-order valence-corrected chi connectivity index (χ3v) is 5.09. The van der Waals surface area contributed by atoms with Crippen LogP contribution in [0.25, 0.3) is 0 Å². The zero-order chi connectivity index (χ0) is 19.1. The molecule has 0 unspecified atom stereocenters. The van der Waals surface area contributed by atoms with Crippen LogP contribution in [-0.4, -0.2) is 13.7 Å². The van der Waals surface area contributed by atoms with Gasteiger partial charge in [0.2, 0.25) is 0 Å². The fraction of sp³-hybridized carbons (Fsp3) is 0.250. The van der Waals surface area contributed by atoms with Crippen molar-refractivity contribution in [2.45, 2.75) is 25.3 Å². The maximum Gasteiger partial charge on any atom is 0.123 e. The molecule has 0 amide bonds. The molecule has 2 N–H and O–H groups in total. The number of hydrogen-bond acceptors (Lipinski definition) is 1. The first-order valence-corrected chi connectivity index (χ1v) is 9.45. The minimum Gasteiger partial charge on any atom is -0.497 e. The van der Waals surface area contributed by atoms with Crippen molar-refractivity contribution in [2.75, 3.05) is 13.7 Å². The standard InChI is InChI=1S/C24H26FNO/c1-18(19-6-4-3-5-7-19)26-17-16-24(20-8-12-22(25)13-9-20)21-10-14-23(27-2)15-11-21/h3-15,18,24,26H,16-17H2,1-2H3/p+1/t18-,24-/m1/s1. The van der Waals surface area contributed by atoms with E-state index in [0.29, 0.717) is 6.04 Å². The smallest absolute Gasteiger partial charge is 0.123 e. The van der Waals surface area contributed by atoms with Crippen molar-refractivity contribution >= 4 is 0 Å². The highest BCUT2D eigenvalue weighted by Crippen LogP contribution is 2.29. The zero-order valence-electron chi connectivity index (χ0n) is 15.9. The van der Waals surface area contributed by atoms with Gasteiger partial charge < -0.3 is 10.1 Å². The number of rotatable bonds is 8. The molecule has 27 heavy (non-hydrogen) atoms. The normalized spacial score (nSPS) is 13.1. The van der Waals surface area contributed by atoms with Gasteiger partial charge in [-0.15, -0.1) is 0 Å². The second kappa shape index (κ2) is 9.33. The largest absolute Gasteiger partial charge is 0.497 e. The summed E-state index contributed by atoms with van der Waals surface area (Å²) in [5.41, 5.74) is 3.70. The molecule has 0 saturated heterocycles. The lowest BCUT2D eigenvalue weighted by Gasteiger charge is -2.19. The van der Waals surface area contributed by atoms with Crippen molar-refractivity contribution in [1.82, 2.24) is 0 Å². The number of hydrogen-bond donors (Lipinski definition) is 1. The third kappa shape index (κ3) is 5.18. The maximum atomic E-state index is 13.4. The highest BCUT2D eigenvalue weighted by Gasteiger charge is 2.17. The summed E-state index contributed by atoms with van der Waals surface area (Å²) < 4.78 is 18.7. The van der Waals surface area contributed by atoms with Crippen LogP contribution in [0.5, 0.6) is 5.75 Å².